The van der Waals surface area contributed by atoms with Crippen molar-refractivity contribution in [2.24, 2.45) is 0 Å². The van der Waals surface area contributed by atoms with Crippen LogP contribution < -0.4 is 5.32 Å². The van der Waals surface area contributed by atoms with Gasteiger partial charge in [-0.25, -0.2) is 0 Å². The van der Waals surface area contributed by atoms with Gasteiger partial charge in [0.15, 0.2) is 0 Å². The Morgan fingerprint density at radius 1 is 1.31 bits per heavy atom. The van der Waals surface area contributed by atoms with Gasteiger partial charge in [-0.2, -0.15) is 0 Å². The summed E-state index contributed by atoms with van der Waals surface area (Å²) in [5, 5.41) is 5.69. The number of nitrogens with zero attached hydrogens (tertiary/aromatic N) is 1. The van der Waals surface area contributed by atoms with E-state index in [1.807, 2.05) is 12.4 Å². The Labute approximate surface area is 100 Å². The molecular formula is C13H16N2S. The zero-order valence-electron chi connectivity index (χ0n) is 9.39. The number of hydrogen-bond acceptors (Lipinski definition) is 3. The number of thiophene rings is 1. The van der Waals surface area contributed by atoms with Crippen LogP contribution in [0.15, 0.2) is 42.0 Å². The van der Waals surface area contributed by atoms with Crippen LogP contribution in [0.4, 0.5) is 0 Å². The Balaban J connectivity index is 1.96. The van der Waals surface area contributed by atoms with E-state index in [1.54, 1.807) is 11.3 Å². The molecule has 0 aliphatic heterocycles. The van der Waals surface area contributed by atoms with Crippen LogP contribution >= 0.6 is 11.3 Å². The Hall–Kier alpha value is -1.19. The van der Waals surface area contributed by atoms with E-state index in [0.717, 1.165) is 13.0 Å². The maximum absolute atomic E-state index is 4.05. The third-order valence-corrected chi connectivity index (χ3v) is 3.50. The largest absolute Gasteiger partial charge is 0.305 e. The molecule has 16 heavy (non-hydrogen) atoms. The average Bonchev–Trinajstić information content (AvgIpc) is 2.84. The molecule has 2 aromatic rings. The first-order valence-corrected chi connectivity index (χ1v) is 6.44. The van der Waals surface area contributed by atoms with Crippen molar-refractivity contribution in [2.75, 3.05) is 0 Å². The minimum absolute atomic E-state index is 0.421. The van der Waals surface area contributed by atoms with Gasteiger partial charge < -0.3 is 5.32 Å². The van der Waals surface area contributed by atoms with Crippen molar-refractivity contribution in [3.8, 4) is 0 Å². The molecule has 0 bridgehead atoms. The zero-order valence-corrected chi connectivity index (χ0v) is 10.2. The third-order valence-electron chi connectivity index (χ3n) is 2.62. The minimum atomic E-state index is 0.421. The third kappa shape index (κ3) is 2.90. The smallest absolute Gasteiger partial charge is 0.0322 e. The number of pyridine rings is 1. The van der Waals surface area contributed by atoms with Crippen molar-refractivity contribution in [3.05, 3.63) is 52.5 Å². The number of hydrogen-bond donors (Lipinski definition) is 1. The summed E-state index contributed by atoms with van der Waals surface area (Å²) in [4.78, 5) is 5.43. The molecule has 2 nitrogen and oxygen atoms in total. The first kappa shape index (κ1) is 11.3. The lowest BCUT2D eigenvalue weighted by Gasteiger charge is -2.16. The molecule has 0 fully saturated rings. The highest BCUT2D eigenvalue weighted by Crippen LogP contribution is 2.17. The van der Waals surface area contributed by atoms with Crippen LogP contribution in [0.25, 0.3) is 0 Å². The summed E-state index contributed by atoms with van der Waals surface area (Å²) in [7, 11) is 0. The molecule has 2 rings (SSSR count). The first-order valence-electron chi connectivity index (χ1n) is 5.56. The van der Waals surface area contributed by atoms with Gasteiger partial charge in [-0.1, -0.05) is 13.0 Å². The molecule has 0 aromatic carbocycles. The van der Waals surface area contributed by atoms with Crippen LogP contribution in [0.1, 0.15) is 29.8 Å². The maximum atomic E-state index is 4.05. The Bertz CT molecular complexity index is 397. The molecule has 2 aromatic heterocycles. The van der Waals surface area contributed by atoms with E-state index in [4.69, 9.17) is 0 Å². The molecule has 1 N–H and O–H groups in total. The molecule has 0 radical (unpaired) electrons. The highest BCUT2D eigenvalue weighted by atomic mass is 32.1. The van der Waals surface area contributed by atoms with Crippen molar-refractivity contribution < 1.29 is 0 Å². The molecular weight excluding hydrogens is 216 g/mol. The highest BCUT2D eigenvalue weighted by Gasteiger charge is 2.07. The molecule has 1 atom stereocenters. The molecule has 1 unspecified atom stereocenters. The van der Waals surface area contributed by atoms with Crippen LogP contribution in [-0.2, 0) is 6.54 Å². The summed E-state index contributed by atoms with van der Waals surface area (Å²) in [5.41, 5.74) is 1.31. The summed E-state index contributed by atoms with van der Waals surface area (Å²) < 4.78 is 0. The zero-order chi connectivity index (χ0) is 11.2. The van der Waals surface area contributed by atoms with Crippen LogP contribution in [-0.4, -0.2) is 4.98 Å². The Morgan fingerprint density at radius 3 is 2.75 bits per heavy atom. The van der Waals surface area contributed by atoms with Crippen molar-refractivity contribution in [2.45, 2.75) is 25.9 Å². The van der Waals surface area contributed by atoms with Crippen molar-refractivity contribution in [1.29, 1.82) is 0 Å². The summed E-state index contributed by atoms with van der Waals surface area (Å²) in [6, 6.07) is 8.84. The van der Waals surface area contributed by atoms with E-state index in [0.29, 0.717) is 6.04 Å². The summed E-state index contributed by atoms with van der Waals surface area (Å²) >= 11 is 1.80. The number of rotatable bonds is 5. The quantitative estimate of drug-likeness (QED) is 0.854. The van der Waals surface area contributed by atoms with Gasteiger partial charge >= 0.3 is 0 Å². The topological polar surface area (TPSA) is 24.9 Å². The molecule has 0 spiro atoms. The predicted octanol–water partition coefficient (Wildman–Crippen LogP) is 3.38. The normalized spacial score (nSPS) is 12.6. The van der Waals surface area contributed by atoms with E-state index in [9.17, 15) is 0 Å². The fourth-order valence-electron chi connectivity index (χ4n) is 1.73. The highest BCUT2D eigenvalue weighted by molar-refractivity contribution is 7.09. The van der Waals surface area contributed by atoms with Gasteiger partial charge in [-0.05, 0) is 35.6 Å². The van der Waals surface area contributed by atoms with Crippen LogP contribution in [0, 0.1) is 0 Å². The van der Waals surface area contributed by atoms with E-state index in [1.165, 1.54) is 10.4 Å². The SMILES string of the molecule is CCC(NCc1cccs1)c1ccncc1. The second-order valence-corrected chi connectivity index (χ2v) is 4.73. The fourth-order valence-corrected chi connectivity index (χ4v) is 2.39. The van der Waals surface area contributed by atoms with Crippen molar-refractivity contribution in [1.82, 2.24) is 10.3 Å². The van der Waals surface area contributed by atoms with Gasteiger partial charge in [0.1, 0.15) is 0 Å². The lowest BCUT2D eigenvalue weighted by molar-refractivity contribution is 0.521. The summed E-state index contributed by atoms with van der Waals surface area (Å²) in [6.07, 6.45) is 4.80. The predicted molar refractivity (Wildman–Crippen MR) is 68.4 cm³/mol. The van der Waals surface area contributed by atoms with Crippen LogP contribution in [0.5, 0.6) is 0 Å². The van der Waals surface area contributed by atoms with Gasteiger partial charge in [0.05, 0.1) is 0 Å². The molecule has 0 saturated heterocycles. The first-order chi connectivity index (χ1) is 7.90. The minimum Gasteiger partial charge on any atom is -0.305 e. The Kier molecular flexibility index (Phi) is 4.08. The average molecular weight is 232 g/mol. The molecule has 3 heteroatoms. The van der Waals surface area contributed by atoms with Crippen molar-refractivity contribution in [3.63, 3.8) is 0 Å². The van der Waals surface area contributed by atoms with E-state index >= 15 is 0 Å². The molecule has 0 aliphatic carbocycles. The van der Waals surface area contributed by atoms with Crippen LogP contribution in [0.3, 0.4) is 0 Å². The maximum Gasteiger partial charge on any atom is 0.0322 e. The van der Waals surface area contributed by atoms with E-state index in [-0.39, 0.29) is 0 Å². The number of aromatic nitrogens is 1. The summed E-state index contributed by atoms with van der Waals surface area (Å²) in [5.74, 6) is 0. The number of nitrogens with one attached hydrogen (secondary N) is 1. The fraction of sp³-hybridized carbons (Fsp3) is 0.308. The molecule has 0 saturated carbocycles. The monoisotopic (exact) mass is 232 g/mol. The second-order valence-electron chi connectivity index (χ2n) is 3.70. The summed E-state index contributed by atoms with van der Waals surface area (Å²) in [6.45, 7) is 3.14. The van der Waals surface area contributed by atoms with Gasteiger partial charge in [0, 0.05) is 29.9 Å². The Morgan fingerprint density at radius 2 is 2.12 bits per heavy atom. The standard InChI is InChI=1S/C13H16N2S/c1-2-13(11-5-7-14-8-6-11)15-10-12-4-3-9-16-12/h3-9,13,15H,2,10H2,1H3. The van der Waals surface area contributed by atoms with Gasteiger partial charge in [-0.15, -0.1) is 11.3 Å². The lowest BCUT2D eigenvalue weighted by atomic mass is 10.1. The van der Waals surface area contributed by atoms with Gasteiger partial charge in [0.25, 0.3) is 0 Å². The van der Waals surface area contributed by atoms with Gasteiger partial charge in [-0.3, -0.25) is 4.98 Å². The second kappa shape index (κ2) is 5.77. The van der Waals surface area contributed by atoms with Crippen LogP contribution in [0.2, 0.25) is 0 Å². The molecule has 0 amide bonds. The lowest BCUT2D eigenvalue weighted by Crippen LogP contribution is -2.19. The van der Waals surface area contributed by atoms with E-state index < -0.39 is 0 Å². The van der Waals surface area contributed by atoms with Gasteiger partial charge in [0.2, 0.25) is 0 Å². The molecule has 84 valence electrons. The van der Waals surface area contributed by atoms with E-state index in [2.05, 4.69) is 46.9 Å². The molecule has 2 heterocycles. The van der Waals surface area contributed by atoms with Crippen molar-refractivity contribution >= 4 is 11.3 Å². The molecule has 0 aliphatic rings.